The number of nitrogens with zero attached hydrogens (tertiary/aromatic N) is 2. The van der Waals surface area contributed by atoms with Crippen molar-refractivity contribution in [3.8, 4) is 27.6 Å². The van der Waals surface area contributed by atoms with E-state index < -0.39 is 36.3 Å². The fraction of sp³-hybridized carbons (Fsp3) is 0.310. The third-order valence-corrected chi connectivity index (χ3v) is 8.16. The molecular formula is C29H25ClF2N2O7S. The molecule has 0 atom stereocenters. The summed E-state index contributed by atoms with van der Waals surface area (Å²) in [7, 11) is 1.39. The molecule has 0 aliphatic heterocycles. The van der Waals surface area contributed by atoms with Gasteiger partial charge in [0.05, 0.1) is 31.2 Å². The molecule has 1 aliphatic rings. The van der Waals surface area contributed by atoms with Gasteiger partial charge in [-0.3, -0.25) is 19.0 Å². The molecule has 2 aromatic carbocycles. The molecule has 0 radical (unpaired) electrons. The highest BCUT2D eigenvalue weighted by molar-refractivity contribution is 7.22. The predicted molar refractivity (Wildman–Crippen MR) is 152 cm³/mol. The number of aliphatic carboxylic acids is 1. The first-order chi connectivity index (χ1) is 20.0. The standard InChI is InChI=1S/C29H25ClF2N2O7S/c1-39-22-11-19(34-16-33-20-12-23(42-26(20)27(34)38)17-5-7-18(30)8-6-17)9-10-21(22)40-15-28(13-29(31,32)14-28)41-25(37)4-2-3-24(35)36/h5-12,16H,2-4,13-15H2,1H3,(H,35,36). The van der Waals surface area contributed by atoms with Crippen LogP contribution in [0.4, 0.5) is 8.78 Å². The third kappa shape index (κ3) is 6.39. The van der Waals surface area contributed by atoms with Crippen molar-refractivity contribution in [2.45, 2.75) is 43.6 Å². The van der Waals surface area contributed by atoms with E-state index in [-0.39, 0.29) is 42.9 Å². The van der Waals surface area contributed by atoms with E-state index in [4.69, 9.17) is 30.9 Å². The van der Waals surface area contributed by atoms with Crippen LogP contribution in [0.5, 0.6) is 11.5 Å². The molecule has 220 valence electrons. The molecule has 1 N–H and O–H groups in total. The van der Waals surface area contributed by atoms with Crippen molar-refractivity contribution in [1.82, 2.24) is 9.55 Å². The summed E-state index contributed by atoms with van der Waals surface area (Å²) >= 11 is 7.30. The number of carbonyl (C=O) groups excluding carboxylic acids is 1. The Morgan fingerprint density at radius 2 is 1.83 bits per heavy atom. The Morgan fingerprint density at radius 3 is 2.50 bits per heavy atom. The minimum absolute atomic E-state index is 0.0325. The van der Waals surface area contributed by atoms with Crippen molar-refractivity contribution in [2.24, 2.45) is 0 Å². The number of carboxylic acid groups (broad SMARTS) is 1. The molecule has 0 bridgehead atoms. The van der Waals surface area contributed by atoms with Gasteiger partial charge in [0.15, 0.2) is 17.1 Å². The molecule has 42 heavy (non-hydrogen) atoms. The van der Waals surface area contributed by atoms with Crippen LogP contribution in [-0.2, 0) is 14.3 Å². The average Bonchev–Trinajstić information content (AvgIpc) is 3.36. The Kier molecular flexibility index (Phi) is 8.20. The molecule has 2 heterocycles. The number of alkyl halides is 2. The van der Waals surface area contributed by atoms with Crippen molar-refractivity contribution >= 4 is 45.1 Å². The second kappa shape index (κ2) is 11.7. The highest BCUT2D eigenvalue weighted by Crippen LogP contribution is 2.49. The smallest absolute Gasteiger partial charge is 0.306 e. The minimum atomic E-state index is -3.01. The number of aromatic nitrogens is 2. The normalized spacial score (nSPS) is 15.1. The molecule has 13 heteroatoms. The zero-order valence-corrected chi connectivity index (χ0v) is 23.8. The van der Waals surface area contributed by atoms with Crippen LogP contribution in [0.1, 0.15) is 32.1 Å². The summed E-state index contributed by atoms with van der Waals surface area (Å²) in [6.07, 6.45) is -0.440. The van der Waals surface area contributed by atoms with Crippen molar-refractivity contribution in [2.75, 3.05) is 13.7 Å². The number of halogens is 3. The number of benzene rings is 2. The van der Waals surface area contributed by atoms with Gasteiger partial charge in [-0.05, 0) is 42.3 Å². The number of fused-ring (bicyclic) bond motifs is 1. The molecule has 0 unspecified atom stereocenters. The SMILES string of the molecule is COc1cc(-n2cnc3cc(-c4ccc(Cl)cc4)sc3c2=O)ccc1OCC1(OC(=O)CCCC(=O)O)CC(F)(F)C1. The molecular weight excluding hydrogens is 594 g/mol. The second-order valence-electron chi connectivity index (χ2n) is 9.99. The van der Waals surface area contributed by atoms with Crippen LogP contribution in [0, 0.1) is 0 Å². The number of carboxylic acids is 1. The minimum Gasteiger partial charge on any atom is -0.493 e. The fourth-order valence-electron chi connectivity index (χ4n) is 4.76. The lowest BCUT2D eigenvalue weighted by atomic mass is 9.77. The van der Waals surface area contributed by atoms with Crippen LogP contribution in [0.25, 0.3) is 26.3 Å². The van der Waals surface area contributed by atoms with Crippen molar-refractivity contribution < 1.29 is 37.7 Å². The number of ether oxygens (including phenoxy) is 3. The first-order valence-electron chi connectivity index (χ1n) is 12.9. The van der Waals surface area contributed by atoms with E-state index >= 15 is 0 Å². The fourth-order valence-corrected chi connectivity index (χ4v) is 5.93. The first kappa shape index (κ1) is 29.5. The van der Waals surface area contributed by atoms with Crippen LogP contribution < -0.4 is 15.0 Å². The Hall–Kier alpha value is -4.03. The molecule has 4 aromatic rings. The highest BCUT2D eigenvalue weighted by atomic mass is 35.5. The van der Waals surface area contributed by atoms with Crippen LogP contribution in [0.15, 0.2) is 59.7 Å². The zero-order valence-electron chi connectivity index (χ0n) is 22.3. The molecule has 1 saturated carbocycles. The number of methoxy groups -OCH3 is 1. The number of esters is 1. The van der Waals surface area contributed by atoms with E-state index in [1.807, 2.05) is 18.2 Å². The van der Waals surface area contributed by atoms with Crippen molar-refractivity contribution in [1.29, 1.82) is 0 Å². The molecule has 2 aromatic heterocycles. The van der Waals surface area contributed by atoms with Gasteiger partial charge in [-0.1, -0.05) is 23.7 Å². The summed E-state index contributed by atoms with van der Waals surface area (Å²) in [5.74, 6) is -4.43. The van der Waals surface area contributed by atoms with Crippen LogP contribution in [0.3, 0.4) is 0 Å². The van der Waals surface area contributed by atoms with Gasteiger partial charge in [0.2, 0.25) is 0 Å². The summed E-state index contributed by atoms with van der Waals surface area (Å²) in [4.78, 5) is 41.6. The van der Waals surface area contributed by atoms with Crippen LogP contribution >= 0.6 is 22.9 Å². The molecule has 1 aliphatic carbocycles. The topological polar surface area (TPSA) is 117 Å². The van der Waals surface area contributed by atoms with Gasteiger partial charge in [0, 0.05) is 28.8 Å². The van der Waals surface area contributed by atoms with Crippen molar-refractivity contribution in [3.63, 3.8) is 0 Å². The van der Waals surface area contributed by atoms with Gasteiger partial charge < -0.3 is 19.3 Å². The lowest BCUT2D eigenvalue weighted by Gasteiger charge is -2.45. The van der Waals surface area contributed by atoms with Gasteiger partial charge in [-0.2, -0.15) is 0 Å². The Bertz CT molecular complexity index is 1700. The lowest BCUT2D eigenvalue weighted by Crippen LogP contribution is -2.58. The number of thiophene rings is 1. The summed E-state index contributed by atoms with van der Waals surface area (Å²) in [5.41, 5.74) is 0.0595. The molecule has 0 spiro atoms. The van der Waals surface area contributed by atoms with Gasteiger partial charge in [-0.25, -0.2) is 13.8 Å². The Morgan fingerprint density at radius 1 is 1.10 bits per heavy atom. The quantitative estimate of drug-likeness (QED) is 0.200. The van der Waals surface area contributed by atoms with Gasteiger partial charge in [0.1, 0.15) is 17.6 Å². The van der Waals surface area contributed by atoms with E-state index in [1.54, 1.807) is 24.3 Å². The average molecular weight is 619 g/mol. The molecule has 9 nitrogen and oxygen atoms in total. The summed E-state index contributed by atoms with van der Waals surface area (Å²) in [5, 5.41) is 9.35. The van der Waals surface area contributed by atoms with E-state index in [9.17, 15) is 23.2 Å². The predicted octanol–water partition coefficient (Wildman–Crippen LogP) is 6.12. The number of hydrogen-bond acceptors (Lipinski definition) is 8. The molecule has 0 amide bonds. The maximum Gasteiger partial charge on any atom is 0.306 e. The Labute approximate surface area is 247 Å². The largest absolute Gasteiger partial charge is 0.493 e. The maximum absolute atomic E-state index is 13.8. The van der Waals surface area contributed by atoms with Gasteiger partial charge in [0.25, 0.3) is 11.5 Å². The van der Waals surface area contributed by atoms with Gasteiger partial charge in [-0.15, -0.1) is 11.3 Å². The number of carbonyl (C=O) groups is 2. The number of hydrogen-bond donors (Lipinski definition) is 1. The van der Waals surface area contributed by atoms with E-state index in [0.717, 1.165) is 10.4 Å². The monoisotopic (exact) mass is 618 g/mol. The third-order valence-electron chi connectivity index (χ3n) is 6.75. The number of rotatable bonds is 11. The summed E-state index contributed by atoms with van der Waals surface area (Å²) < 4.78 is 46.0. The van der Waals surface area contributed by atoms with E-state index in [2.05, 4.69) is 4.98 Å². The maximum atomic E-state index is 13.8. The van der Waals surface area contributed by atoms with E-state index in [1.165, 1.54) is 35.4 Å². The highest BCUT2D eigenvalue weighted by Gasteiger charge is 2.60. The molecule has 0 saturated heterocycles. The Balaban J connectivity index is 1.34. The van der Waals surface area contributed by atoms with Crippen molar-refractivity contribution in [3.05, 3.63) is 70.2 Å². The molecule has 5 rings (SSSR count). The summed E-state index contributed by atoms with van der Waals surface area (Å²) in [6, 6.07) is 13.8. The first-order valence-corrected chi connectivity index (χ1v) is 14.1. The summed E-state index contributed by atoms with van der Waals surface area (Å²) in [6.45, 7) is -0.362. The van der Waals surface area contributed by atoms with Gasteiger partial charge >= 0.3 is 11.9 Å². The second-order valence-corrected chi connectivity index (χ2v) is 11.5. The molecule has 1 fully saturated rings. The lowest BCUT2D eigenvalue weighted by molar-refractivity contribution is -0.234. The zero-order chi connectivity index (χ0) is 30.1. The van der Waals surface area contributed by atoms with Crippen LogP contribution in [-0.4, -0.2) is 51.8 Å². The van der Waals surface area contributed by atoms with E-state index in [0.29, 0.717) is 20.9 Å². The van der Waals surface area contributed by atoms with Crippen LogP contribution in [0.2, 0.25) is 5.02 Å².